The van der Waals surface area contributed by atoms with E-state index in [2.05, 4.69) is 15.3 Å². The lowest BCUT2D eigenvalue weighted by Gasteiger charge is -2.03. The number of hydrogen-bond donors (Lipinski definition) is 1. The molecule has 62 valence electrons. The maximum Gasteiger partial charge on any atom is 0.220 e. The summed E-state index contributed by atoms with van der Waals surface area (Å²) in [5, 5.41) is 5.98. The Labute approximate surface area is 65.4 Å². The molecule has 1 unspecified atom stereocenters. The number of hydrogen-bond acceptors (Lipinski definition) is 2. The van der Waals surface area contributed by atoms with Crippen LogP contribution in [0.25, 0.3) is 10.4 Å². The fraction of sp³-hybridized carbons (Fsp3) is 0.833. The van der Waals surface area contributed by atoms with E-state index in [1.54, 1.807) is 6.92 Å². The zero-order valence-corrected chi connectivity index (χ0v) is 6.74. The number of nitrogens with zero attached hydrogens (tertiary/aromatic N) is 3. The minimum atomic E-state index is -0.258. The molecule has 0 aromatic carbocycles. The Bertz CT molecular complexity index is 173. The number of azide groups is 1. The largest absolute Gasteiger partial charge is 0.356 e. The number of amides is 1. The second kappa shape index (κ2) is 5.56. The normalized spacial score (nSPS) is 11.5. The van der Waals surface area contributed by atoms with Crippen LogP contribution in [-0.2, 0) is 4.79 Å². The van der Waals surface area contributed by atoms with Gasteiger partial charge in [0.05, 0.1) is 0 Å². The van der Waals surface area contributed by atoms with Gasteiger partial charge in [0.25, 0.3) is 0 Å². The number of carbonyl (C=O) groups excluding carboxylic acids is 1. The van der Waals surface area contributed by atoms with Crippen molar-refractivity contribution in [1.29, 1.82) is 0 Å². The van der Waals surface area contributed by atoms with Gasteiger partial charge >= 0.3 is 0 Å². The van der Waals surface area contributed by atoms with E-state index in [1.165, 1.54) is 0 Å². The number of rotatable bonds is 4. The Balaban J connectivity index is 3.65. The van der Waals surface area contributed by atoms with Gasteiger partial charge in [0.2, 0.25) is 5.91 Å². The van der Waals surface area contributed by atoms with Crippen molar-refractivity contribution in [2.45, 2.75) is 26.3 Å². The van der Waals surface area contributed by atoms with E-state index in [1.807, 2.05) is 6.92 Å². The van der Waals surface area contributed by atoms with Crippen LogP contribution in [0.3, 0.4) is 0 Å². The Morgan fingerprint density at radius 2 is 2.45 bits per heavy atom. The van der Waals surface area contributed by atoms with E-state index >= 15 is 0 Å². The zero-order chi connectivity index (χ0) is 8.69. The first-order valence-corrected chi connectivity index (χ1v) is 3.51. The first kappa shape index (κ1) is 9.78. The lowest BCUT2D eigenvalue weighted by Crippen LogP contribution is -2.25. The summed E-state index contributed by atoms with van der Waals surface area (Å²) in [5.74, 6) is -0.0765. The van der Waals surface area contributed by atoms with Gasteiger partial charge in [0.1, 0.15) is 0 Å². The van der Waals surface area contributed by atoms with E-state index in [0.29, 0.717) is 6.54 Å². The van der Waals surface area contributed by atoms with Crippen LogP contribution in [0.4, 0.5) is 0 Å². The van der Waals surface area contributed by atoms with Crippen molar-refractivity contribution in [2.75, 3.05) is 6.54 Å². The molecule has 5 nitrogen and oxygen atoms in total. The SMILES string of the molecule is CCNC(=O)CC(C)N=[N+]=[N-]. The molecule has 1 atom stereocenters. The van der Waals surface area contributed by atoms with Crippen molar-refractivity contribution in [2.24, 2.45) is 5.11 Å². The molecule has 0 radical (unpaired) electrons. The molecule has 1 N–H and O–H groups in total. The van der Waals surface area contributed by atoms with Gasteiger partial charge in [-0.05, 0) is 12.5 Å². The minimum absolute atomic E-state index is 0.0765. The molecule has 0 aliphatic carbocycles. The summed E-state index contributed by atoms with van der Waals surface area (Å²) < 4.78 is 0. The standard InChI is InChI=1S/C6H12N4O/c1-3-8-6(11)4-5(2)9-10-7/h5H,3-4H2,1-2H3,(H,8,11). The molecule has 11 heavy (non-hydrogen) atoms. The summed E-state index contributed by atoms with van der Waals surface area (Å²) >= 11 is 0. The van der Waals surface area contributed by atoms with Crippen molar-refractivity contribution >= 4 is 5.91 Å². The third kappa shape index (κ3) is 5.24. The zero-order valence-electron chi connectivity index (χ0n) is 6.74. The highest BCUT2D eigenvalue weighted by atomic mass is 16.1. The molecule has 0 saturated heterocycles. The van der Waals surface area contributed by atoms with E-state index in [-0.39, 0.29) is 18.4 Å². The third-order valence-corrected chi connectivity index (χ3v) is 1.10. The van der Waals surface area contributed by atoms with E-state index in [0.717, 1.165) is 0 Å². The molecule has 0 bridgehead atoms. The first-order chi connectivity index (χ1) is 5.20. The van der Waals surface area contributed by atoms with Crippen LogP contribution in [-0.4, -0.2) is 18.5 Å². The molecule has 0 spiro atoms. The number of carbonyl (C=O) groups is 1. The minimum Gasteiger partial charge on any atom is -0.356 e. The quantitative estimate of drug-likeness (QED) is 0.370. The molecular formula is C6H12N4O. The second-order valence-corrected chi connectivity index (χ2v) is 2.21. The smallest absolute Gasteiger partial charge is 0.220 e. The predicted molar refractivity (Wildman–Crippen MR) is 41.9 cm³/mol. The first-order valence-electron chi connectivity index (χ1n) is 3.51. The summed E-state index contributed by atoms with van der Waals surface area (Å²) in [4.78, 5) is 13.4. The molecule has 0 aliphatic heterocycles. The molecular weight excluding hydrogens is 144 g/mol. The van der Waals surface area contributed by atoms with Gasteiger partial charge in [-0.1, -0.05) is 12.0 Å². The van der Waals surface area contributed by atoms with Gasteiger partial charge in [-0.25, -0.2) is 0 Å². The molecule has 0 heterocycles. The summed E-state index contributed by atoms with van der Waals surface area (Å²) in [7, 11) is 0. The number of nitrogens with one attached hydrogen (secondary N) is 1. The molecule has 1 amide bonds. The predicted octanol–water partition coefficient (Wildman–Crippen LogP) is 1.21. The van der Waals surface area contributed by atoms with Crippen molar-refractivity contribution in [3.63, 3.8) is 0 Å². The van der Waals surface area contributed by atoms with Crippen LogP contribution in [0.2, 0.25) is 0 Å². The van der Waals surface area contributed by atoms with Gasteiger partial charge in [-0.2, -0.15) is 0 Å². The Hall–Kier alpha value is -1.22. The summed E-state index contributed by atoms with van der Waals surface area (Å²) in [6, 6.07) is -0.258. The maximum absolute atomic E-state index is 10.8. The second-order valence-electron chi connectivity index (χ2n) is 2.21. The molecule has 0 saturated carbocycles. The average molecular weight is 156 g/mol. The molecule has 0 aliphatic rings. The fourth-order valence-corrected chi connectivity index (χ4v) is 0.667. The van der Waals surface area contributed by atoms with E-state index < -0.39 is 0 Å². The Kier molecular flexibility index (Phi) is 4.94. The van der Waals surface area contributed by atoms with Crippen molar-refractivity contribution < 1.29 is 4.79 Å². The average Bonchev–Trinajstić information content (AvgIpc) is 1.87. The van der Waals surface area contributed by atoms with Crippen molar-refractivity contribution in [1.82, 2.24) is 5.32 Å². The molecule has 0 aromatic rings. The third-order valence-electron chi connectivity index (χ3n) is 1.10. The summed E-state index contributed by atoms with van der Waals surface area (Å²) in [6.45, 7) is 4.16. The molecule has 5 heteroatoms. The maximum atomic E-state index is 10.8. The topological polar surface area (TPSA) is 77.9 Å². The van der Waals surface area contributed by atoms with Gasteiger partial charge in [-0.3, -0.25) is 4.79 Å². The van der Waals surface area contributed by atoms with Crippen LogP contribution >= 0.6 is 0 Å². The Morgan fingerprint density at radius 3 is 2.91 bits per heavy atom. The molecule has 0 fully saturated rings. The molecule has 0 aromatic heterocycles. The summed E-state index contributed by atoms with van der Waals surface area (Å²) in [6.07, 6.45) is 0.262. The van der Waals surface area contributed by atoms with Gasteiger partial charge < -0.3 is 5.32 Å². The van der Waals surface area contributed by atoms with Crippen LogP contribution in [0.1, 0.15) is 20.3 Å². The van der Waals surface area contributed by atoms with Crippen LogP contribution in [0.15, 0.2) is 5.11 Å². The Morgan fingerprint density at radius 1 is 1.82 bits per heavy atom. The van der Waals surface area contributed by atoms with E-state index in [9.17, 15) is 4.79 Å². The highest BCUT2D eigenvalue weighted by Gasteiger charge is 2.04. The lowest BCUT2D eigenvalue weighted by molar-refractivity contribution is -0.121. The highest BCUT2D eigenvalue weighted by Crippen LogP contribution is 1.95. The lowest BCUT2D eigenvalue weighted by atomic mass is 10.2. The fourth-order valence-electron chi connectivity index (χ4n) is 0.667. The van der Waals surface area contributed by atoms with Gasteiger partial charge in [0.15, 0.2) is 0 Å². The van der Waals surface area contributed by atoms with Crippen LogP contribution in [0, 0.1) is 0 Å². The van der Waals surface area contributed by atoms with Gasteiger partial charge in [0, 0.05) is 23.9 Å². The van der Waals surface area contributed by atoms with Crippen molar-refractivity contribution in [3.8, 4) is 0 Å². The monoisotopic (exact) mass is 156 g/mol. The van der Waals surface area contributed by atoms with E-state index in [4.69, 9.17) is 5.53 Å². The van der Waals surface area contributed by atoms with Crippen LogP contribution < -0.4 is 5.32 Å². The molecule has 0 rings (SSSR count). The summed E-state index contributed by atoms with van der Waals surface area (Å²) in [5.41, 5.74) is 8.01. The van der Waals surface area contributed by atoms with Gasteiger partial charge in [-0.15, -0.1) is 0 Å². The highest BCUT2D eigenvalue weighted by molar-refractivity contribution is 5.76. The van der Waals surface area contributed by atoms with Crippen LogP contribution in [0.5, 0.6) is 0 Å². The van der Waals surface area contributed by atoms with Crippen molar-refractivity contribution in [3.05, 3.63) is 10.4 Å².